The van der Waals surface area contributed by atoms with Gasteiger partial charge in [-0.05, 0) is 5.92 Å². The Morgan fingerprint density at radius 3 is 2.38 bits per heavy atom. The van der Waals surface area contributed by atoms with Crippen LogP contribution in [0, 0.1) is 5.92 Å². The molecule has 0 saturated carbocycles. The maximum atomic E-state index is 11.2. The van der Waals surface area contributed by atoms with Crippen LogP contribution < -0.4 is 5.73 Å². The molecule has 0 amide bonds. The van der Waals surface area contributed by atoms with Gasteiger partial charge in [0.2, 0.25) is 0 Å². The van der Waals surface area contributed by atoms with E-state index in [4.69, 9.17) is 10.5 Å². The smallest absolute Gasteiger partial charge is 0.323 e. The van der Waals surface area contributed by atoms with E-state index in [1.165, 1.54) is 7.11 Å². The van der Waals surface area contributed by atoms with E-state index >= 15 is 0 Å². The highest BCUT2D eigenvalue weighted by Gasteiger charge is 2.18. The Bertz CT molecular complexity index is 198. The second-order valence-corrected chi connectivity index (χ2v) is 4.28. The number of carbonyl (C=O) groups is 1. The monoisotopic (exact) mass is 232 g/mol. The highest BCUT2D eigenvalue weighted by Crippen LogP contribution is 2.00. The normalized spacial score (nSPS) is 13.2. The zero-order chi connectivity index (χ0) is 12.6. The number of methoxy groups -OCH3 is 2. The van der Waals surface area contributed by atoms with Gasteiger partial charge in [-0.1, -0.05) is 13.8 Å². The van der Waals surface area contributed by atoms with Crippen molar-refractivity contribution < 1.29 is 14.3 Å². The molecule has 2 N–H and O–H groups in total. The molecule has 0 aromatic carbocycles. The number of hydrogen-bond acceptors (Lipinski definition) is 5. The van der Waals surface area contributed by atoms with Crippen LogP contribution in [-0.4, -0.2) is 57.4 Å². The number of nitrogens with two attached hydrogens (primary N) is 1. The van der Waals surface area contributed by atoms with Crippen LogP contribution in [0.1, 0.15) is 13.8 Å². The number of rotatable bonds is 8. The lowest BCUT2D eigenvalue weighted by Gasteiger charge is -2.25. The van der Waals surface area contributed by atoms with E-state index in [0.29, 0.717) is 19.1 Å². The quantitative estimate of drug-likeness (QED) is 0.601. The van der Waals surface area contributed by atoms with Crippen LogP contribution in [0.15, 0.2) is 0 Å². The van der Waals surface area contributed by atoms with Crippen molar-refractivity contribution in [1.29, 1.82) is 0 Å². The van der Waals surface area contributed by atoms with Crippen LogP contribution in [-0.2, 0) is 14.3 Å². The molecule has 0 heterocycles. The molecule has 0 radical (unpaired) electrons. The van der Waals surface area contributed by atoms with Gasteiger partial charge in [0, 0.05) is 26.7 Å². The fourth-order valence-corrected chi connectivity index (χ4v) is 1.50. The first kappa shape index (κ1) is 15.3. The molecule has 0 bridgehead atoms. The Morgan fingerprint density at radius 2 is 1.94 bits per heavy atom. The van der Waals surface area contributed by atoms with Crippen molar-refractivity contribution in [1.82, 2.24) is 4.90 Å². The molecule has 0 aliphatic rings. The lowest BCUT2D eigenvalue weighted by molar-refractivity contribution is -0.142. The van der Waals surface area contributed by atoms with Crippen molar-refractivity contribution in [2.45, 2.75) is 19.9 Å². The number of hydrogen-bond donors (Lipinski definition) is 1. The summed E-state index contributed by atoms with van der Waals surface area (Å²) in [6.45, 7) is 7.08. The SMILES string of the molecule is COCCN(CC(C)C)CC(N)C(=O)OC. The van der Waals surface area contributed by atoms with Crippen LogP contribution in [0.3, 0.4) is 0 Å². The van der Waals surface area contributed by atoms with Gasteiger partial charge in [-0.15, -0.1) is 0 Å². The van der Waals surface area contributed by atoms with Gasteiger partial charge in [-0.25, -0.2) is 0 Å². The summed E-state index contributed by atoms with van der Waals surface area (Å²) < 4.78 is 9.62. The summed E-state index contributed by atoms with van der Waals surface area (Å²) in [6, 6.07) is -0.583. The van der Waals surface area contributed by atoms with Crippen molar-refractivity contribution in [2.75, 3.05) is 40.5 Å². The van der Waals surface area contributed by atoms with Gasteiger partial charge in [-0.2, -0.15) is 0 Å². The van der Waals surface area contributed by atoms with Gasteiger partial charge in [-0.3, -0.25) is 9.69 Å². The summed E-state index contributed by atoms with van der Waals surface area (Å²) in [5.41, 5.74) is 5.72. The van der Waals surface area contributed by atoms with Crippen molar-refractivity contribution in [2.24, 2.45) is 11.7 Å². The largest absolute Gasteiger partial charge is 0.468 e. The van der Waals surface area contributed by atoms with Gasteiger partial charge in [0.25, 0.3) is 0 Å². The first-order valence-electron chi connectivity index (χ1n) is 5.56. The summed E-state index contributed by atoms with van der Waals surface area (Å²) in [6.07, 6.45) is 0. The topological polar surface area (TPSA) is 64.8 Å². The molecule has 1 unspecified atom stereocenters. The van der Waals surface area contributed by atoms with E-state index in [0.717, 1.165) is 13.1 Å². The number of esters is 1. The van der Waals surface area contributed by atoms with Crippen molar-refractivity contribution in [3.8, 4) is 0 Å². The highest BCUT2D eigenvalue weighted by atomic mass is 16.5. The van der Waals surface area contributed by atoms with Crippen LogP contribution in [0.4, 0.5) is 0 Å². The van der Waals surface area contributed by atoms with Crippen molar-refractivity contribution >= 4 is 5.97 Å². The molecule has 5 nitrogen and oxygen atoms in total. The molecule has 0 aromatic rings. The Hall–Kier alpha value is -0.650. The van der Waals surface area contributed by atoms with Gasteiger partial charge >= 0.3 is 5.97 Å². The predicted molar refractivity (Wildman–Crippen MR) is 63.1 cm³/mol. The van der Waals surface area contributed by atoms with Gasteiger partial charge in [0.05, 0.1) is 13.7 Å². The summed E-state index contributed by atoms with van der Waals surface area (Å²) in [7, 11) is 3.01. The molecule has 0 spiro atoms. The minimum atomic E-state index is -0.583. The van der Waals surface area contributed by atoms with Gasteiger partial charge in [0.1, 0.15) is 6.04 Å². The molecule has 0 fully saturated rings. The summed E-state index contributed by atoms with van der Waals surface area (Å²) in [5, 5.41) is 0. The molecule has 16 heavy (non-hydrogen) atoms. The zero-order valence-electron chi connectivity index (χ0n) is 10.7. The average Bonchev–Trinajstić information content (AvgIpc) is 2.23. The molecule has 0 aliphatic heterocycles. The van der Waals surface area contributed by atoms with Gasteiger partial charge in [0.15, 0.2) is 0 Å². The predicted octanol–water partition coefficient (Wildman–Crippen LogP) is 0.0911. The van der Waals surface area contributed by atoms with E-state index in [9.17, 15) is 4.79 Å². The molecule has 0 saturated heterocycles. The maximum Gasteiger partial charge on any atom is 0.323 e. The Balaban J connectivity index is 4.12. The number of ether oxygens (including phenoxy) is 2. The first-order chi connectivity index (χ1) is 7.51. The van der Waals surface area contributed by atoms with Crippen LogP contribution in [0.5, 0.6) is 0 Å². The lowest BCUT2D eigenvalue weighted by Crippen LogP contribution is -2.45. The second kappa shape index (κ2) is 8.50. The first-order valence-corrected chi connectivity index (χ1v) is 5.56. The van der Waals surface area contributed by atoms with Gasteiger partial charge < -0.3 is 15.2 Å². The molecular weight excluding hydrogens is 208 g/mol. The fraction of sp³-hybridized carbons (Fsp3) is 0.909. The zero-order valence-corrected chi connectivity index (χ0v) is 10.7. The Morgan fingerprint density at radius 1 is 1.31 bits per heavy atom. The van der Waals surface area contributed by atoms with Crippen LogP contribution in [0.2, 0.25) is 0 Å². The third-order valence-corrected chi connectivity index (χ3v) is 2.19. The minimum Gasteiger partial charge on any atom is -0.468 e. The lowest BCUT2D eigenvalue weighted by atomic mass is 10.2. The van der Waals surface area contributed by atoms with E-state index < -0.39 is 6.04 Å². The third kappa shape index (κ3) is 6.76. The van der Waals surface area contributed by atoms with Crippen LogP contribution >= 0.6 is 0 Å². The number of carbonyl (C=O) groups excluding carboxylic acids is 1. The molecule has 0 aliphatic carbocycles. The molecular formula is C11H24N2O3. The molecule has 5 heteroatoms. The van der Waals surface area contributed by atoms with Crippen molar-refractivity contribution in [3.05, 3.63) is 0 Å². The van der Waals surface area contributed by atoms with E-state index in [1.807, 2.05) is 0 Å². The summed E-state index contributed by atoms with van der Waals surface area (Å²) in [5.74, 6) is 0.160. The van der Waals surface area contributed by atoms with E-state index in [1.54, 1.807) is 7.11 Å². The standard InChI is InChI=1S/C11H24N2O3/c1-9(2)7-13(5-6-15-3)8-10(12)11(14)16-4/h9-10H,5-8,12H2,1-4H3. The highest BCUT2D eigenvalue weighted by molar-refractivity contribution is 5.75. The maximum absolute atomic E-state index is 11.2. The summed E-state index contributed by atoms with van der Waals surface area (Å²) >= 11 is 0. The summed E-state index contributed by atoms with van der Waals surface area (Å²) in [4.78, 5) is 13.3. The minimum absolute atomic E-state index is 0.369. The average molecular weight is 232 g/mol. The van der Waals surface area contributed by atoms with E-state index in [2.05, 4.69) is 23.5 Å². The second-order valence-electron chi connectivity index (χ2n) is 4.28. The van der Waals surface area contributed by atoms with E-state index in [-0.39, 0.29) is 5.97 Å². The molecule has 1 atom stereocenters. The molecule has 96 valence electrons. The fourth-order valence-electron chi connectivity index (χ4n) is 1.50. The molecule has 0 rings (SSSR count). The Kier molecular flexibility index (Phi) is 8.15. The third-order valence-electron chi connectivity index (χ3n) is 2.19. The number of nitrogens with zero attached hydrogens (tertiary/aromatic N) is 1. The molecule has 0 aromatic heterocycles. The van der Waals surface area contributed by atoms with Crippen LogP contribution in [0.25, 0.3) is 0 Å². The van der Waals surface area contributed by atoms with Crippen molar-refractivity contribution in [3.63, 3.8) is 0 Å². The Labute approximate surface area is 97.9 Å².